The fourth-order valence-electron chi connectivity index (χ4n) is 2.94. The van der Waals surface area contributed by atoms with Crippen molar-refractivity contribution in [2.75, 3.05) is 31.7 Å². The molecule has 1 atom stereocenters. The average molecular weight is 368 g/mol. The number of rotatable bonds is 6. The topological polar surface area (TPSA) is 92.8 Å². The second-order valence-electron chi connectivity index (χ2n) is 6.01. The molecule has 0 spiro atoms. The Hall–Kier alpha value is -2.09. The molecule has 1 fully saturated rings. The fourth-order valence-corrected chi connectivity index (χ4v) is 4.67. The smallest absolute Gasteiger partial charge is 0.312 e. The summed E-state index contributed by atoms with van der Waals surface area (Å²) >= 11 is 0. The van der Waals surface area contributed by atoms with Gasteiger partial charge in [0, 0.05) is 19.1 Å². The van der Waals surface area contributed by atoms with Crippen LogP contribution in [-0.2, 0) is 25.8 Å². The van der Waals surface area contributed by atoms with Gasteiger partial charge in [0.05, 0.1) is 18.6 Å². The van der Waals surface area contributed by atoms with Crippen molar-refractivity contribution in [3.8, 4) is 5.75 Å². The third-order valence-electron chi connectivity index (χ3n) is 4.28. The molecule has 7 nitrogen and oxygen atoms in total. The molecule has 1 aromatic rings. The minimum absolute atomic E-state index is 0.0658. The van der Waals surface area contributed by atoms with Gasteiger partial charge in [0.1, 0.15) is 5.75 Å². The molecule has 138 valence electrons. The van der Waals surface area contributed by atoms with Crippen molar-refractivity contribution in [2.24, 2.45) is 0 Å². The number of methoxy groups -OCH3 is 1. The summed E-state index contributed by atoms with van der Waals surface area (Å²) in [5, 5.41) is 2.61. The molecule has 0 saturated carbocycles. The number of sulfone groups is 1. The summed E-state index contributed by atoms with van der Waals surface area (Å²) in [6.07, 6.45) is 0.957. The van der Waals surface area contributed by atoms with Gasteiger partial charge in [0.2, 0.25) is 0 Å². The van der Waals surface area contributed by atoms with Crippen LogP contribution in [0.4, 0.5) is 0 Å². The molecule has 1 N–H and O–H groups in total. The van der Waals surface area contributed by atoms with Crippen molar-refractivity contribution in [3.05, 3.63) is 29.8 Å². The Balaban J connectivity index is 1.87. The first-order valence-electron chi connectivity index (χ1n) is 8.28. The molecule has 1 unspecified atom stereocenters. The Morgan fingerprint density at radius 1 is 1.36 bits per heavy atom. The van der Waals surface area contributed by atoms with Crippen molar-refractivity contribution >= 4 is 21.7 Å². The number of amides is 2. The number of hydrogen-bond donors (Lipinski definition) is 1. The first-order valence-corrected chi connectivity index (χ1v) is 10.1. The zero-order valence-corrected chi connectivity index (χ0v) is 15.3. The highest BCUT2D eigenvalue weighted by Gasteiger charge is 2.35. The summed E-state index contributed by atoms with van der Waals surface area (Å²) in [6.45, 7) is 2.37. The summed E-state index contributed by atoms with van der Waals surface area (Å²) in [6, 6.07) is 7.07. The summed E-state index contributed by atoms with van der Waals surface area (Å²) < 4.78 is 28.3. The molecule has 1 aromatic carbocycles. The molecular formula is C17H24N2O5S. The predicted molar refractivity (Wildman–Crippen MR) is 94.2 cm³/mol. The van der Waals surface area contributed by atoms with E-state index in [0.29, 0.717) is 25.9 Å². The van der Waals surface area contributed by atoms with Gasteiger partial charge in [-0.15, -0.1) is 0 Å². The van der Waals surface area contributed by atoms with Crippen molar-refractivity contribution in [3.63, 3.8) is 0 Å². The van der Waals surface area contributed by atoms with E-state index in [9.17, 15) is 18.0 Å². The number of likely N-dealkylation sites (N-methyl/N-ethyl adjacent to an activating group) is 1. The molecule has 1 saturated heterocycles. The van der Waals surface area contributed by atoms with Crippen LogP contribution in [0.25, 0.3) is 0 Å². The van der Waals surface area contributed by atoms with Crippen LogP contribution in [0.2, 0.25) is 0 Å². The number of nitrogens with zero attached hydrogens (tertiary/aromatic N) is 1. The lowest BCUT2D eigenvalue weighted by Crippen LogP contribution is -2.48. The summed E-state index contributed by atoms with van der Waals surface area (Å²) in [4.78, 5) is 25.8. The quantitative estimate of drug-likeness (QED) is 0.733. The third-order valence-corrected chi connectivity index (χ3v) is 6.03. The van der Waals surface area contributed by atoms with Gasteiger partial charge < -0.3 is 15.0 Å². The normalized spacial score (nSPS) is 18.6. The zero-order chi connectivity index (χ0) is 18.4. The molecule has 1 aliphatic heterocycles. The average Bonchev–Trinajstić information content (AvgIpc) is 2.95. The van der Waals surface area contributed by atoms with Crippen molar-refractivity contribution in [1.29, 1.82) is 0 Å². The Morgan fingerprint density at radius 3 is 2.72 bits per heavy atom. The van der Waals surface area contributed by atoms with Gasteiger partial charge in [0.15, 0.2) is 9.84 Å². The largest absolute Gasteiger partial charge is 0.497 e. The lowest BCUT2D eigenvalue weighted by atomic mass is 10.1. The molecular weight excluding hydrogens is 344 g/mol. The highest BCUT2D eigenvalue weighted by molar-refractivity contribution is 7.91. The van der Waals surface area contributed by atoms with Crippen molar-refractivity contribution < 1.29 is 22.7 Å². The molecule has 8 heteroatoms. The Morgan fingerprint density at radius 2 is 2.12 bits per heavy atom. The van der Waals surface area contributed by atoms with E-state index >= 15 is 0 Å². The molecule has 0 aliphatic carbocycles. The van der Waals surface area contributed by atoms with Gasteiger partial charge in [-0.1, -0.05) is 12.1 Å². The van der Waals surface area contributed by atoms with Crippen LogP contribution in [0, 0.1) is 0 Å². The maximum atomic E-state index is 12.3. The Bertz CT molecular complexity index is 732. The molecule has 2 rings (SSSR count). The highest BCUT2D eigenvalue weighted by Crippen LogP contribution is 2.18. The van der Waals surface area contributed by atoms with Crippen LogP contribution in [0.1, 0.15) is 18.9 Å². The lowest BCUT2D eigenvalue weighted by molar-refractivity contribution is -0.146. The van der Waals surface area contributed by atoms with Gasteiger partial charge in [-0.2, -0.15) is 0 Å². The number of hydrogen-bond acceptors (Lipinski definition) is 5. The van der Waals surface area contributed by atoms with Crippen LogP contribution >= 0.6 is 0 Å². The standard InChI is InChI=1S/C17H24N2O5S/c1-3-19(14-8-10-25(22,23)12-14)17(21)16(20)18-9-7-13-5-4-6-15(11-13)24-2/h4-6,11,14H,3,7-10,12H2,1-2H3,(H,18,20). The minimum atomic E-state index is -3.11. The van der Waals surface area contributed by atoms with E-state index in [0.717, 1.165) is 11.3 Å². The number of benzene rings is 1. The predicted octanol–water partition coefficient (Wildman–Crippen LogP) is 0.390. The number of carbonyl (C=O) groups is 2. The SMILES string of the molecule is CCN(C(=O)C(=O)NCCc1cccc(OC)c1)C1CCS(=O)(=O)C1. The van der Waals surface area contributed by atoms with E-state index < -0.39 is 27.7 Å². The van der Waals surface area contributed by atoms with Crippen molar-refractivity contribution in [2.45, 2.75) is 25.8 Å². The second-order valence-corrected chi connectivity index (χ2v) is 8.23. The molecule has 0 aromatic heterocycles. The maximum Gasteiger partial charge on any atom is 0.312 e. The van der Waals surface area contributed by atoms with E-state index in [4.69, 9.17) is 4.74 Å². The molecule has 1 aliphatic rings. The van der Waals surface area contributed by atoms with E-state index in [1.807, 2.05) is 24.3 Å². The van der Waals surface area contributed by atoms with Crippen LogP contribution in [0.3, 0.4) is 0 Å². The fraction of sp³-hybridized carbons (Fsp3) is 0.529. The van der Waals surface area contributed by atoms with Crippen molar-refractivity contribution in [1.82, 2.24) is 10.2 Å². The molecule has 25 heavy (non-hydrogen) atoms. The summed E-state index contributed by atoms with van der Waals surface area (Å²) in [7, 11) is -1.52. The van der Waals surface area contributed by atoms with Gasteiger partial charge in [0.25, 0.3) is 0 Å². The second kappa shape index (κ2) is 8.33. The van der Waals surface area contributed by atoms with Gasteiger partial charge in [-0.25, -0.2) is 8.42 Å². The van der Waals surface area contributed by atoms with Gasteiger partial charge in [-0.05, 0) is 37.5 Å². The molecule has 2 amide bonds. The Kier molecular flexibility index (Phi) is 6.41. The summed E-state index contributed by atoms with van der Waals surface area (Å²) in [5.41, 5.74) is 0.987. The molecule has 0 radical (unpaired) electrons. The van der Waals surface area contributed by atoms with Crippen LogP contribution in [0.15, 0.2) is 24.3 Å². The number of carbonyl (C=O) groups excluding carboxylic acids is 2. The monoisotopic (exact) mass is 368 g/mol. The van der Waals surface area contributed by atoms with Crippen LogP contribution in [-0.4, -0.2) is 62.9 Å². The highest BCUT2D eigenvalue weighted by atomic mass is 32.2. The first kappa shape index (κ1) is 19.2. The maximum absolute atomic E-state index is 12.3. The van der Waals surface area contributed by atoms with E-state index in [1.54, 1.807) is 14.0 Å². The van der Waals surface area contributed by atoms with E-state index in [-0.39, 0.29) is 11.5 Å². The van der Waals surface area contributed by atoms with Crippen LogP contribution in [0.5, 0.6) is 5.75 Å². The molecule has 1 heterocycles. The van der Waals surface area contributed by atoms with E-state index in [1.165, 1.54) is 4.90 Å². The third kappa shape index (κ3) is 5.19. The van der Waals surface area contributed by atoms with Crippen LogP contribution < -0.4 is 10.1 Å². The minimum Gasteiger partial charge on any atom is -0.497 e. The number of nitrogens with one attached hydrogen (secondary N) is 1. The first-order chi connectivity index (χ1) is 11.9. The van der Waals surface area contributed by atoms with Gasteiger partial charge in [-0.3, -0.25) is 9.59 Å². The van der Waals surface area contributed by atoms with Gasteiger partial charge >= 0.3 is 11.8 Å². The number of ether oxygens (including phenoxy) is 1. The zero-order valence-electron chi connectivity index (χ0n) is 14.5. The Labute approximate surface area is 148 Å². The van der Waals surface area contributed by atoms with E-state index in [2.05, 4.69) is 5.32 Å². The molecule has 0 bridgehead atoms. The lowest BCUT2D eigenvalue weighted by Gasteiger charge is -2.26. The summed E-state index contributed by atoms with van der Waals surface area (Å²) in [5.74, 6) is -0.633.